The summed E-state index contributed by atoms with van der Waals surface area (Å²) in [6.07, 6.45) is 0. The van der Waals surface area contributed by atoms with Crippen molar-refractivity contribution in [3.05, 3.63) is 28.5 Å². The summed E-state index contributed by atoms with van der Waals surface area (Å²) in [4.78, 5) is -0.294. The first-order chi connectivity index (χ1) is 8.12. The molecular formula is C8H10BrFN2O4S2. The number of sulfonamides is 2. The maximum atomic E-state index is 13.2. The number of hydrogen-bond donors (Lipinski definition) is 2. The minimum absolute atomic E-state index is 0.131. The Morgan fingerprint density at radius 2 is 1.89 bits per heavy atom. The predicted molar refractivity (Wildman–Crippen MR) is 67.3 cm³/mol. The number of hydrogen-bond acceptors (Lipinski definition) is 4. The highest BCUT2D eigenvalue weighted by atomic mass is 79.9. The van der Waals surface area contributed by atoms with Crippen LogP contribution in [0.1, 0.15) is 0 Å². The van der Waals surface area contributed by atoms with Gasteiger partial charge in [0.15, 0.2) is 0 Å². The zero-order chi connectivity index (χ0) is 14.0. The van der Waals surface area contributed by atoms with Crippen LogP contribution in [0.5, 0.6) is 0 Å². The third-order valence-electron chi connectivity index (χ3n) is 1.88. The second-order valence-electron chi connectivity index (χ2n) is 3.34. The fraction of sp³-hybridized carbons (Fsp3) is 0.250. The van der Waals surface area contributed by atoms with Crippen LogP contribution in [0.25, 0.3) is 0 Å². The Kier molecular flexibility index (Phi) is 4.84. The van der Waals surface area contributed by atoms with Gasteiger partial charge < -0.3 is 0 Å². The van der Waals surface area contributed by atoms with Gasteiger partial charge in [0.2, 0.25) is 20.0 Å². The van der Waals surface area contributed by atoms with Gasteiger partial charge in [-0.15, -0.1) is 0 Å². The third-order valence-corrected chi connectivity index (χ3v) is 4.76. The van der Waals surface area contributed by atoms with Gasteiger partial charge in [0.05, 0.1) is 15.1 Å². The highest BCUT2D eigenvalue weighted by Crippen LogP contribution is 2.19. The Hall–Kier alpha value is -0.550. The maximum absolute atomic E-state index is 13.2. The summed E-state index contributed by atoms with van der Waals surface area (Å²) in [7, 11) is -7.70. The SMILES string of the molecule is NS(=O)(=O)CCNS(=O)(=O)c1ccc(Br)c(F)c1. The largest absolute Gasteiger partial charge is 0.240 e. The molecule has 0 saturated heterocycles. The number of benzene rings is 1. The number of primary sulfonamides is 1. The van der Waals surface area contributed by atoms with Crippen molar-refractivity contribution in [3.63, 3.8) is 0 Å². The molecule has 0 unspecified atom stereocenters. The summed E-state index contributed by atoms with van der Waals surface area (Å²) in [5.74, 6) is -1.27. The number of rotatable bonds is 5. The molecule has 3 N–H and O–H groups in total. The van der Waals surface area contributed by atoms with E-state index in [1.54, 1.807) is 0 Å². The van der Waals surface area contributed by atoms with Gasteiger partial charge in [-0.05, 0) is 34.1 Å². The molecule has 0 heterocycles. The quantitative estimate of drug-likeness (QED) is 0.779. The van der Waals surface area contributed by atoms with E-state index in [0.29, 0.717) is 0 Å². The van der Waals surface area contributed by atoms with Gasteiger partial charge in [-0.25, -0.2) is 31.1 Å². The zero-order valence-corrected chi connectivity index (χ0v) is 12.1. The van der Waals surface area contributed by atoms with Gasteiger partial charge in [0.25, 0.3) is 0 Å². The summed E-state index contributed by atoms with van der Waals surface area (Å²) in [5, 5.41) is 4.72. The Balaban J connectivity index is 2.84. The van der Waals surface area contributed by atoms with Gasteiger partial charge in [-0.1, -0.05) is 0 Å². The maximum Gasteiger partial charge on any atom is 0.240 e. The third kappa shape index (κ3) is 4.61. The number of nitrogens with two attached hydrogens (primary N) is 1. The lowest BCUT2D eigenvalue weighted by Gasteiger charge is -2.06. The van der Waals surface area contributed by atoms with E-state index in [1.165, 1.54) is 12.1 Å². The van der Waals surface area contributed by atoms with Gasteiger partial charge in [0, 0.05) is 6.54 Å². The molecule has 0 atom stereocenters. The van der Waals surface area contributed by atoms with Crippen LogP contribution < -0.4 is 9.86 Å². The second kappa shape index (κ2) is 5.61. The summed E-state index contributed by atoms with van der Waals surface area (Å²) < 4.78 is 59.9. The van der Waals surface area contributed by atoms with Crippen molar-refractivity contribution in [1.82, 2.24) is 4.72 Å². The van der Waals surface area contributed by atoms with Crippen molar-refractivity contribution in [1.29, 1.82) is 0 Å². The van der Waals surface area contributed by atoms with E-state index in [4.69, 9.17) is 5.14 Å². The molecule has 10 heteroatoms. The van der Waals surface area contributed by atoms with Gasteiger partial charge in [-0.3, -0.25) is 0 Å². The molecule has 0 aromatic heterocycles. The monoisotopic (exact) mass is 360 g/mol. The smallest absolute Gasteiger partial charge is 0.229 e. The Bertz CT molecular complexity index is 645. The van der Waals surface area contributed by atoms with Crippen LogP contribution in [0.3, 0.4) is 0 Å². The van der Waals surface area contributed by atoms with E-state index < -0.39 is 31.6 Å². The Morgan fingerprint density at radius 3 is 2.39 bits per heavy atom. The van der Waals surface area contributed by atoms with Crippen molar-refractivity contribution < 1.29 is 21.2 Å². The summed E-state index contributed by atoms with van der Waals surface area (Å²) in [6.45, 7) is -0.376. The lowest BCUT2D eigenvalue weighted by Crippen LogP contribution is -2.31. The molecule has 0 aliphatic rings. The highest BCUT2D eigenvalue weighted by Gasteiger charge is 2.16. The van der Waals surface area contributed by atoms with Crippen LogP contribution in [0.2, 0.25) is 0 Å². The highest BCUT2D eigenvalue weighted by molar-refractivity contribution is 9.10. The second-order valence-corrected chi connectivity index (χ2v) is 7.70. The van der Waals surface area contributed by atoms with E-state index >= 15 is 0 Å². The van der Waals surface area contributed by atoms with Gasteiger partial charge in [-0.2, -0.15) is 0 Å². The molecule has 0 aliphatic carbocycles. The topological polar surface area (TPSA) is 106 Å². The molecule has 0 saturated carbocycles. The molecule has 0 amide bonds. The molecule has 6 nitrogen and oxygen atoms in total. The van der Waals surface area contributed by atoms with Crippen molar-refractivity contribution in [2.75, 3.05) is 12.3 Å². The van der Waals surface area contributed by atoms with E-state index in [-0.39, 0.29) is 15.9 Å². The van der Waals surface area contributed by atoms with E-state index in [9.17, 15) is 21.2 Å². The van der Waals surface area contributed by atoms with Crippen molar-refractivity contribution in [2.45, 2.75) is 4.90 Å². The minimum atomic E-state index is -3.95. The Morgan fingerprint density at radius 1 is 1.28 bits per heavy atom. The fourth-order valence-electron chi connectivity index (χ4n) is 1.05. The van der Waals surface area contributed by atoms with Crippen LogP contribution in [0.4, 0.5) is 4.39 Å². The van der Waals surface area contributed by atoms with Gasteiger partial charge in [0.1, 0.15) is 5.82 Å². The average Bonchev–Trinajstić information content (AvgIpc) is 2.19. The summed E-state index contributed by atoms with van der Waals surface area (Å²) >= 11 is 2.89. The van der Waals surface area contributed by atoms with Crippen molar-refractivity contribution in [2.24, 2.45) is 5.14 Å². The molecular weight excluding hydrogens is 351 g/mol. The molecule has 102 valence electrons. The zero-order valence-electron chi connectivity index (χ0n) is 8.93. The molecule has 18 heavy (non-hydrogen) atoms. The molecule has 1 aromatic carbocycles. The van der Waals surface area contributed by atoms with E-state index in [0.717, 1.165) is 6.07 Å². The molecule has 0 bridgehead atoms. The van der Waals surface area contributed by atoms with Crippen LogP contribution in [0, 0.1) is 5.82 Å². The molecule has 0 radical (unpaired) electrons. The predicted octanol–water partition coefficient (Wildman–Crippen LogP) is 0.155. The van der Waals surface area contributed by atoms with Gasteiger partial charge >= 0.3 is 0 Å². The lowest BCUT2D eigenvalue weighted by atomic mass is 10.3. The van der Waals surface area contributed by atoms with Crippen LogP contribution in [-0.4, -0.2) is 29.1 Å². The fourth-order valence-corrected chi connectivity index (χ4v) is 2.85. The number of halogens is 2. The standard InChI is InChI=1S/C8H10BrFN2O4S2/c9-7-2-1-6(5-8(7)10)18(15,16)12-3-4-17(11,13)14/h1-2,5,12H,3-4H2,(H2,11,13,14). The number of nitrogens with one attached hydrogen (secondary N) is 1. The summed E-state index contributed by atoms with van der Waals surface area (Å²) in [6, 6.07) is 3.25. The summed E-state index contributed by atoms with van der Waals surface area (Å²) in [5.41, 5.74) is 0. The molecule has 0 fully saturated rings. The normalized spacial score (nSPS) is 12.6. The van der Waals surface area contributed by atoms with Crippen LogP contribution in [0.15, 0.2) is 27.6 Å². The molecule has 0 spiro atoms. The molecule has 0 aliphatic heterocycles. The molecule has 1 rings (SSSR count). The Labute approximate surface area is 113 Å². The van der Waals surface area contributed by atoms with Crippen LogP contribution in [-0.2, 0) is 20.0 Å². The molecule has 1 aromatic rings. The van der Waals surface area contributed by atoms with Crippen molar-refractivity contribution in [3.8, 4) is 0 Å². The first kappa shape index (κ1) is 15.5. The average molecular weight is 361 g/mol. The van der Waals surface area contributed by atoms with Crippen LogP contribution >= 0.6 is 15.9 Å². The first-order valence-corrected chi connectivity index (χ1v) is 8.56. The van der Waals surface area contributed by atoms with Crippen molar-refractivity contribution >= 4 is 36.0 Å². The minimum Gasteiger partial charge on any atom is -0.229 e. The lowest BCUT2D eigenvalue weighted by molar-refractivity contribution is 0.577. The van der Waals surface area contributed by atoms with E-state index in [1.807, 2.05) is 4.72 Å². The van der Waals surface area contributed by atoms with E-state index in [2.05, 4.69) is 15.9 Å². The first-order valence-electron chi connectivity index (χ1n) is 4.57.